The largest absolute Gasteiger partial charge is 0.496 e. The fourth-order valence-electron chi connectivity index (χ4n) is 2.04. The van der Waals surface area contributed by atoms with Crippen LogP contribution in [0.25, 0.3) is 0 Å². The van der Waals surface area contributed by atoms with Gasteiger partial charge in [-0.15, -0.1) is 0 Å². The maximum absolute atomic E-state index is 5.52. The van der Waals surface area contributed by atoms with Gasteiger partial charge in [-0.05, 0) is 43.9 Å². The van der Waals surface area contributed by atoms with Crippen LogP contribution in [0, 0.1) is 13.8 Å². The number of ether oxygens (including phenoxy) is 1. The van der Waals surface area contributed by atoms with Crippen molar-refractivity contribution >= 4 is 6.01 Å². The highest BCUT2D eigenvalue weighted by Gasteiger charge is 2.07. The van der Waals surface area contributed by atoms with Crippen molar-refractivity contribution in [2.45, 2.75) is 26.7 Å². The summed E-state index contributed by atoms with van der Waals surface area (Å²) in [6.45, 7) is 3.93. The highest BCUT2D eigenvalue weighted by Crippen LogP contribution is 2.20. The number of nitrogen functional groups attached to an aromatic ring is 1. The zero-order valence-corrected chi connectivity index (χ0v) is 11.0. The van der Waals surface area contributed by atoms with E-state index >= 15 is 0 Å². The first-order valence-corrected chi connectivity index (χ1v) is 5.95. The second-order valence-electron chi connectivity index (χ2n) is 4.36. The fraction of sp³-hybridized carbons (Fsp3) is 0.357. The molecule has 0 aliphatic carbocycles. The summed E-state index contributed by atoms with van der Waals surface area (Å²) in [6, 6.07) is 6.45. The van der Waals surface area contributed by atoms with Crippen LogP contribution in [-0.4, -0.2) is 12.1 Å². The molecule has 0 bridgehead atoms. The summed E-state index contributed by atoms with van der Waals surface area (Å²) < 4.78 is 10.5. The van der Waals surface area contributed by atoms with Gasteiger partial charge in [0, 0.05) is 0 Å². The molecule has 2 rings (SSSR count). The van der Waals surface area contributed by atoms with Crippen molar-refractivity contribution in [2.75, 3.05) is 12.8 Å². The van der Waals surface area contributed by atoms with Gasteiger partial charge in [0.15, 0.2) is 0 Å². The number of benzene rings is 1. The predicted molar refractivity (Wildman–Crippen MR) is 70.8 cm³/mol. The first-order valence-electron chi connectivity index (χ1n) is 5.95. The molecule has 4 heteroatoms. The summed E-state index contributed by atoms with van der Waals surface area (Å²) in [7, 11) is 1.68. The molecule has 1 heterocycles. The molecule has 0 atom stereocenters. The number of anilines is 1. The normalized spacial score (nSPS) is 10.6. The zero-order valence-electron chi connectivity index (χ0n) is 11.0. The van der Waals surface area contributed by atoms with Crippen LogP contribution in [0.4, 0.5) is 6.01 Å². The predicted octanol–water partition coefficient (Wildman–Crippen LogP) is 2.67. The van der Waals surface area contributed by atoms with Crippen molar-refractivity contribution in [3.8, 4) is 5.75 Å². The molecule has 0 aliphatic heterocycles. The number of hydrogen-bond acceptors (Lipinski definition) is 4. The van der Waals surface area contributed by atoms with E-state index in [9.17, 15) is 0 Å². The van der Waals surface area contributed by atoms with Gasteiger partial charge in [0.2, 0.25) is 0 Å². The summed E-state index contributed by atoms with van der Waals surface area (Å²) >= 11 is 0. The Kier molecular flexibility index (Phi) is 3.55. The Morgan fingerprint density at radius 3 is 2.61 bits per heavy atom. The minimum atomic E-state index is 0.244. The molecule has 0 saturated heterocycles. The summed E-state index contributed by atoms with van der Waals surface area (Å²) in [6.07, 6.45) is 1.75. The van der Waals surface area contributed by atoms with Gasteiger partial charge in [-0.2, -0.15) is 4.98 Å². The topological polar surface area (TPSA) is 61.3 Å². The van der Waals surface area contributed by atoms with Gasteiger partial charge in [-0.25, -0.2) is 0 Å². The smallest absolute Gasteiger partial charge is 0.292 e. The lowest BCUT2D eigenvalue weighted by Crippen LogP contribution is -1.96. The van der Waals surface area contributed by atoms with Crippen molar-refractivity contribution in [3.63, 3.8) is 0 Å². The summed E-state index contributed by atoms with van der Waals surface area (Å²) in [4.78, 5) is 4.17. The van der Waals surface area contributed by atoms with Crippen LogP contribution >= 0.6 is 0 Å². The van der Waals surface area contributed by atoms with E-state index < -0.39 is 0 Å². The Hall–Kier alpha value is -1.97. The number of nitrogens with two attached hydrogens (primary N) is 1. The number of nitrogens with zero attached hydrogens (tertiary/aromatic N) is 1. The highest BCUT2D eigenvalue weighted by atomic mass is 16.5. The van der Waals surface area contributed by atoms with E-state index in [0.717, 1.165) is 35.6 Å². The Morgan fingerprint density at radius 2 is 2.06 bits per heavy atom. The van der Waals surface area contributed by atoms with E-state index in [4.69, 9.17) is 14.9 Å². The summed E-state index contributed by atoms with van der Waals surface area (Å²) in [5.41, 5.74) is 8.85. The number of aromatic nitrogens is 1. The van der Waals surface area contributed by atoms with Crippen LogP contribution in [0.2, 0.25) is 0 Å². The first kappa shape index (κ1) is 12.5. The van der Waals surface area contributed by atoms with E-state index in [1.54, 1.807) is 7.11 Å². The van der Waals surface area contributed by atoms with Gasteiger partial charge >= 0.3 is 0 Å². The number of rotatable bonds is 4. The number of methoxy groups -OCH3 is 1. The molecule has 0 aliphatic rings. The van der Waals surface area contributed by atoms with Gasteiger partial charge < -0.3 is 14.9 Å². The lowest BCUT2D eigenvalue weighted by molar-refractivity contribution is 0.411. The fourth-order valence-corrected chi connectivity index (χ4v) is 2.04. The standard InChI is InChI=1S/C14H18N2O2/c1-9-8-11(5-7-13(9)17-3)4-6-12-10(2)18-14(15)16-12/h5,7-8H,4,6H2,1-3H3,(H2,15,16). The molecule has 4 nitrogen and oxygen atoms in total. The molecular weight excluding hydrogens is 228 g/mol. The van der Waals surface area contributed by atoms with Crippen molar-refractivity contribution < 1.29 is 9.15 Å². The average Bonchev–Trinajstić information content (AvgIpc) is 2.65. The Bertz CT molecular complexity index is 547. The van der Waals surface area contributed by atoms with Crippen molar-refractivity contribution in [1.82, 2.24) is 4.98 Å². The minimum absolute atomic E-state index is 0.244. The highest BCUT2D eigenvalue weighted by molar-refractivity contribution is 5.36. The third-order valence-corrected chi connectivity index (χ3v) is 3.02. The maximum Gasteiger partial charge on any atom is 0.292 e. The van der Waals surface area contributed by atoms with Crippen LogP contribution in [0.3, 0.4) is 0 Å². The van der Waals surface area contributed by atoms with E-state index in [1.807, 2.05) is 19.9 Å². The third-order valence-electron chi connectivity index (χ3n) is 3.02. The van der Waals surface area contributed by atoms with Gasteiger partial charge in [-0.3, -0.25) is 0 Å². The molecule has 0 unspecified atom stereocenters. The molecule has 0 saturated carbocycles. The number of aryl methyl sites for hydroxylation is 4. The van der Waals surface area contributed by atoms with Gasteiger partial charge in [0.05, 0.1) is 12.8 Å². The Labute approximate surface area is 107 Å². The van der Waals surface area contributed by atoms with Gasteiger partial charge in [0.1, 0.15) is 11.5 Å². The zero-order chi connectivity index (χ0) is 13.1. The summed E-state index contributed by atoms with van der Waals surface area (Å²) in [5.74, 6) is 1.72. The third kappa shape index (κ3) is 2.64. The van der Waals surface area contributed by atoms with E-state index in [-0.39, 0.29) is 6.01 Å². The second-order valence-corrected chi connectivity index (χ2v) is 4.36. The second kappa shape index (κ2) is 5.12. The number of hydrogen-bond donors (Lipinski definition) is 1. The van der Waals surface area contributed by atoms with Crippen LogP contribution in [-0.2, 0) is 12.8 Å². The molecule has 2 aromatic rings. The van der Waals surface area contributed by atoms with E-state index in [2.05, 4.69) is 17.1 Å². The molecule has 96 valence electrons. The molecule has 0 spiro atoms. The van der Waals surface area contributed by atoms with Crippen LogP contribution in [0.15, 0.2) is 22.6 Å². The first-order chi connectivity index (χ1) is 8.60. The van der Waals surface area contributed by atoms with Crippen molar-refractivity contribution in [1.29, 1.82) is 0 Å². The van der Waals surface area contributed by atoms with E-state index in [1.165, 1.54) is 5.56 Å². The molecule has 18 heavy (non-hydrogen) atoms. The molecular formula is C14H18N2O2. The van der Waals surface area contributed by atoms with Crippen molar-refractivity contribution in [3.05, 3.63) is 40.8 Å². The van der Waals surface area contributed by atoms with Crippen LogP contribution in [0.1, 0.15) is 22.6 Å². The lowest BCUT2D eigenvalue weighted by Gasteiger charge is -2.06. The molecule has 2 N–H and O–H groups in total. The maximum atomic E-state index is 5.52. The molecule has 1 aromatic carbocycles. The molecule has 1 aromatic heterocycles. The molecule has 0 fully saturated rings. The van der Waals surface area contributed by atoms with Gasteiger partial charge in [-0.1, -0.05) is 12.1 Å². The minimum Gasteiger partial charge on any atom is -0.496 e. The Morgan fingerprint density at radius 1 is 1.28 bits per heavy atom. The monoisotopic (exact) mass is 246 g/mol. The SMILES string of the molecule is COc1ccc(CCc2nc(N)oc2C)cc1C. The molecule has 0 amide bonds. The van der Waals surface area contributed by atoms with Crippen LogP contribution in [0.5, 0.6) is 5.75 Å². The summed E-state index contributed by atoms with van der Waals surface area (Å²) in [5, 5.41) is 0. The quantitative estimate of drug-likeness (QED) is 0.901. The molecule has 0 radical (unpaired) electrons. The Balaban J connectivity index is 2.06. The van der Waals surface area contributed by atoms with E-state index in [0.29, 0.717) is 0 Å². The number of oxazole rings is 1. The van der Waals surface area contributed by atoms with Gasteiger partial charge in [0.25, 0.3) is 6.01 Å². The average molecular weight is 246 g/mol. The van der Waals surface area contributed by atoms with Crippen LogP contribution < -0.4 is 10.5 Å². The lowest BCUT2D eigenvalue weighted by atomic mass is 10.0. The van der Waals surface area contributed by atoms with Crippen molar-refractivity contribution in [2.24, 2.45) is 0 Å².